The zero-order chi connectivity index (χ0) is 9.42. The van der Waals surface area contributed by atoms with Crippen molar-refractivity contribution in [3.8, 4) is 0 Å². The van der Waals surface area contributed by atoms with Crippen LogP contribution in [-0.4, -0.2) is 15.7 Å². The third kappa shape index (κ3) is 1.50. The van der Waals surface area contributed by atoms with Gasteiger partial charge >= 0.3 is 0 Å². The molecule has 0 bridgehead atoms. The molecule has 70 valence electrons. The lowest BCUT2D eigenvalue weighted by Gasteiger charge is -2.07. The summed E-state index contributed by atoms with van der Waals surface area (Å²) >= 11 is 1.78. The monoisotopic (exact) mass is 195 g/mol. The summed E-state index contributed by atoms with van der Waals surface area (Å²) in [5.41, 5.74) is 6.99. The van der Waals surface area contributed by atoms with Crippen LogP contribution in [0.3, 0.4) is 0 Å². The van der Waals surface area contributed by atoms with Gasteiger partial charge in [0.15, 0.2) is 0 Å². The molecule has 0 fully saturated rings. The number of nitrogens with two attached hydrogens (primary N) is 1. The molecule has 0 saturated heterocycles. The highest BCUT2D eigenvalue weighted by Crippen LogP contribution is 2.33. The maximum atomic E-state index is 5.85. The normalized spacial score (nSPS) is 15.0. The zero-order valence-corrected chi connectivity index (χ0v) is 8.69. The van der Waals surface area contributed by atoms with E-state index in [0.717, 1.165) is 28.6 Å². The SMILES string of the molecule is CC(C)c1nc(N)c2c(n1)SCC2. The number of anilines is 1. The molecule has 4 heteroatoms. The standard InChI is InChI=1S/C9H13N3S/c1-5(2)8-11-7(10)6-3-4-13-9(6)12-8/h5H,3-4H2,1-2H3,(H2,10,11,12). The van der Waals surface area contributed by atoms with E-state index in [1.54, 1.807) is 11.8 Å². The molecular weight excluding hydrogens is 182 g/mol. The maximum Gasteiger partial charge on any atom is 0.134 e. The van der Waals surface area contributed by atoms with Gasteiger partial charge in [-0.25, -0.2) is 9.97 Å². The van der Waals surface area contributed by atoms with Gasteiger partial charge in [0.1, 0.15) is 16.7 Å². The Morgan fingerprint density at radius 1 is 1.38 bits per heavy atom. The van der Waals surface area contributed by atoms with Crippen LogP contribution in [0.15, 0.2) is 5.03 Å². The molecule has 0 aliphatic carbocycles. The molecule has 0 aromatic carbocycles. The molecule has 1 aliphatic heterocycles. The highest BCUT2D eigenvalue weighted by atomic mass is 32.2. The molecule has 0 unspecified atom stereocenters. The molecular formula is C9H13N3S. The van der Waals surface area contributed by atoms with Gasteiger partial charge in [0.2, 0.25) is 0 Å². The van der Waals surface area contributed by atoms with Crippen molar-refractivity contribution in [2.75, 3.05) is 11.5 Å². The van der Waals surface area contributed by atoms with E-state index in [2.05, 4.69) is 23.8 Å². The topological polar surface area (TPSA) is 51.8 Å². The highest BCUT2D eigenvalue weighted by molar-refractivity contribution is 7.99. The van der Waals surface area contributed by atoms with E-state index in [1.807, 2.05) is 0 Å². The first-order valence-corrected chi connectivity index (χ1v) is 5.46. The molecule has 2 N–H and O–H groups in total. The highest BCUT2D eigenvalue weighted by Gasteiger charge is 2.19. The fraction of sp³-hybridized carbons (Fsp3) is 0.556. The Kier molecular flexibility index (Phi) is 2.15. The quantitative estimate of drug-likeness (QED) is 0.695. The number of aromatic nitrogens is 2. The maximum absolute atomic E-state index is 5.85. The molecule has 0 saturated carbocycles. The van der Waals surface area contributed by atoms with Crippen molar-refractivity contribution in [1.29, 1.82) is 0 Å². The van der Waals surface area contributed by atoms with Crippen molar-refractivity contribution < 1.29 is 0 Å². The number of thioether (sulfide) groups is 1. The number of hydrogen-bond acceptors (Lipinski definition) is 4. The Labute approximate surface area is 82.2 Å². The molecule has 3 nitrogen and oxygen atoms in total. The van der Waals surface area contributed by atoms with Gasteiger partial charge in [0.25, 0.3) is 0 Å². The lowest BCUT2D eigenvalue weighted by Crippen LogP contribution is -2.05. The average molecular weight is 195 g/mol. The summed E-state index contributed by atoms with van der Waals surface area (Å²) in [4.78, 5) is 8.78. The zero-order valence-electron chi connectivity index (χ0n) is 7.87. The van der Waals surface area contributed by atoms with Gasteiger partial charge in [-0.15, -0.1) is 11.8 Å². The molecule has 2 heterocycles. The van der Waals surface area contributed by atoms with E-state index < -0.39 is 0 Å². The van der Waals surface area contributed by atoms with E-state index in [1.165, 1.54) is 0 Å². The number of fused-ring (bicyclic) bond motifs is 1. The molecule has 1 aliphatic rings. The number of rotatable bonds is 1. The van der Waals surface area contributed by atoms with Crippen LogP contribution >= 0.6 is 11.8 Å². The second-order valence-corrected chi connectivity index (χ2v) is 4.59. The fourth-order valence-corrected chi connectivity index (χ4v) is 2.40. The van der Waals surface area contributed by atoms with Gasteiger partial charge in [-0.1, -0.05) is 13.8 Å². The van der Waals surface area contributed by atoms with E-state index in [4.69, 9.17) is 5.73 Å². The van der Waals surface area contributed by atoms with E-state index >= 15 is 0 Å². The van der Waals surface area contributed by atoms with Gasteiger partial charge in [0.05, 0.1) is 0 Å². The van der Waals surface area contributed by atoms with Crippen LogP contribution < -0.4 is 5.73 Å². The lowest BCUT2D eigenvalue weighted by molar-refractivity contribution is 0.750. The number of nitrogens with zero attached hydrogens (tertiary/aromatic N) is 2. The van der Waals surface area contributed by atoms with Crippen molar-refractivity contribution in [2.24, 2.45) is 0 Å². The van der Waals surface area contributed by atoms with Crippen LogP contribution in [0.1, 0.15) is 31.2 Å². The number of nitrogen functional groups attached to an aromatic ring is 1. The first-order valence-electron chi connectivity index (χ1n) is 4.47. The van der Waals surface area contributed by atoms with Crippen LogP contribution in [0.4, 0.5) is 5.82 Å². The summed E-state index contributed by atoms with van der Waals surface area (Å²) in [5.74, 6) is 2.99. The Morgan fingerprint density at radius 2 is 2.15 bits per heavy atom. The molecule has 13 heavy (non-hydrogen) atoms. The first kappa shape index (κ1) is 8.81. The lowest BCUT2D eigenvalue weighted by atomic mass is 10.2. The summed E-state index contributed by atoms with van der Waals surface area (Å²) < 4.78 is 0. The Morgan fingerprint density at radius 3 is 2.85 bits per heavy atom. The van der Waals surface area contributed by atoms with Crippen molar-refractivity contribution in [1.82, 2.24) is 9.97 Å². The van der Waals surface area contributed by atoms with Crippen molar-refractivity contribution in [3.63, 3.8) is 0 Å². The molecule has 0 radical (unpaired) electrons. The summed E-state index contributed by atoms with van der Waals surface area (Å²) in [6, 6.07) is 0. The largest absolute Gasteiger partial charge is 0.383 e. The van der Waals surface area contributed by atoms with Crippen molar-refractivity contribution in [3.05, 3.63) is 11.4 Å². The first-order chi connectivity index (χ1) is 6.18. The molecule has 1 aromatic heterocycles. The van der Waals surface area contributed by atoms with E-state index in [0.29, 0.717) is 11.7 Å². The van der Waals surface area contributed by atoms with Crippen molar-refractivity contribution in [2.45, 2.75) is 31.2 Å². The summed E-state index contributed by atoms with van der Waals surface area (Å²) in [6.45, 7) is 4.17. The Balaban J connectivity index is 2.49. The minimum atomic E-state index is 0.355. The predicted molar refractivity (Wildman–Crippen MR) is 55.0 cm³/mol. The van der Waals surface area contributed by atoms with Crippen LogP contribution in [0.2, 0.25) is 0 Å². The van der Waals surface area contributed by atoms with Gasteiger partial charge in [0, 0.05) is 17.2 Å². The molecule has 0 spiro atoms. The summed E-state index contributed by atoms with van der Waals surface area (Å²) in [6.07, 6.45) is 1.02. The molecule has 1 aromatic rings. The third-order valence-electron chi connectivity index (χ3n) is 2.13. The average Bonchev–Trinajstić information content (AvgIpc) is 2.51. The number of hydrogen-bond donors (Lipinski definition) is 1. The molecule has 2 rings (SSSR count). The van der Waals surface area contributed by atoms with Gasteiger partial charge in [-0.05, 0) is 6.42 Å². The van der Waals surface area contributed by atoms with Gasteiger partial charge < -0.3 is 5.73 Å². The predicted octanol–water partition coefficient (Wildman–Crippen LogP) is 1.83. The van der Waals surface area contributed by atoms with Crippen molar-refractivity contribution >= 4 is 17.6 Å². The van der Waals surface area contributed by atoms with E-state index in [-0.39, 0.29) is 0 Å². The van der Waals surface area contributed by atoms with E-state index in [9.17, 15) is 0 Å². The van der Waals surface area contributed by atoms with Gasteiger partial charge in [-0.3, -0.25) is 0 Å². The van der Waals surface area contributed by atoms with Crippen LogP contribution in [0.25, 0.3) is 0 Å². The Bertz CT molecular complexity index is 336. The fourth-order valence-electron chi connectivity index (χ4n) is 1.36. The van der Waals surface area contributed by atoms with Gasteiger partial charge in [-0.2, -0.15) is 0 Å². The second kappa shape index (κ2) is 3.18. The summed E-state index contributed by atoms with van der Waals surface area (Å²) in [5, 5.41) is 1.09. The minimum absolute atomic E-state index is 0.355. The van der Waals surface area contributed by atoms with Crippen LogP contribution in [0, 0.1) is 0 Å². The minimum Gasteiger partial charge on any atom is -0.383 e. The Hall–Kier alpha value is -0.770. The smallest absolute Gasteiger partial charge is 0.134 e. The molecule has 0 atom stereocenters. The van der Waals surface area contributed by atoms with Crippen LogP contribution in [-0.2, 0) is 6.42 Å². The summed E-state index contributed by atoms with van der Waals surface area (Å²) in [7, 11) is 0. The van der Waals surface area contributed by atoms with Crippen LogP contribution in [0.5, 0.6) is 0 Å². The molecule has 0 amide bonds. The second-order valence-electron chi connectivity index (χ2n) is 3.50. The third-order valence-corrected chi connectivity index (χ3v) is 3.15.